The Hall–Kier alpha value is -1.90. The van der Waals surface area contributed by atoms with E-state index < -0.39 is 5.97 Å². The number of carboxylic acids is 1. The van der Waals surface area contributed by atoms with E-state index in [9.17, 15) is 9.59 Å². The zero-order valence-electron chi connectivity index (χ0n) is 9.71. The molecule has 1 heterocycles. The molecule has 0 atom stereocenters. The van der Waals surface area contributed by atoms with Gasteiger partial charge in [-0.05, 0) is 34.7 Å². The van der Waals surface area contributed by atoms with Crippen LogP contribution in [0.1, 0.15) is 10.4 Å². The average Bonchev–Trinajstić information content (AvgIpc) is 2.76. The molecule has 1 amide bonds. The highest BCUT2D eigenvalue weighted by Crippen LogP contribution is 2.14. The molecule has 2 N–H and O–H groups in total. The summed E-state index contributed by atoms with van der Waals surface area (Å²) < 4.78 is 2.09. The first-order valence-corrected chi connectivity index (χ1v) is 6.44. The Morgan fingerprint density at radius 2 is 2.11 bits per heavy atom. The molecule has 0 radical (unpaired) electrons. The van der Waals surface area contributed by atoms with Crippen LogP contribution in [0.3, 0.4) is 0 Å². The molecule has 7 heteroatoms. The Kier molecular flexibility index (Phi) is 4.15. The van der Waals surface area contributed by atoms with Crippen molar-refractivity contribution < 1.29 is 14.7 Å². The molecule has 98 valence electrons. The number of rotatable bonds is 4. The maximum absolute atomic E-state index is 12.0. The summed E-state index contributed by atoms with van der Waals surface area (Å²) in [7, 11) is 0. The van der Waals surface area contributed by atoms with Crippen molar-refractivity contribution in [2.45, 2.75) is 6.54 Å². The molecule has 0 aliphatic heterocycles. The number of aliphatic carboxylic acids is 1. The lowest BCUT2D eigenvalue weighted by Crippen LogP contribution is -2.13. The summed E-state index contributed by atoms with van der Waals surface area (Å²) in [6, 6.07) is 7.19. The van der Waals surface area contributed by atoms with Crippen molar-refractivity contribution in [3.63, 3.8) is 0 Å². The second-order valence-corrected chi connectivity index (χ2v) is 4.92. The van der Waals surface area contributed by atoms with Crippen LogP contribution in [-0.2, 0) is 11.3 Å². The molecule has 2 aromatic rings. The molecule has 19 heavy (non-hydrogen) atoms. The summed E-state index contributed by atoms with van der Waals surface area (Å²) in [5.74, 6) is -1.24. The highest BCUT2D eigenvalue weighted by molar-refractivity contribution is 14.1. The van der Waals surface area contributed by atoms with Gasteiger partial charge in [-0.25, -0.2) is 0 Å². The number of hydrogen-bond donors (Lipinski definition) is 2. The predicted molar refractivity (Wildman–Crippen MR) is 77.0 cm³/mol. The van der Waals surface area contributed by atoms with Gasteiger partial charge < -0.3 is 10.4 Å². The smallest absolute Gasteiger partial charge is 0.325 e. The van der Waals surface area contributed by atoms with Crippen LogP contribution in [0.25, 0.3) is 0 Å². The van der Waals surface area contributed by atoms with Gasteiger partial charge in [-0.3, -0.25) is 14.3 Å². The molecule has 0 fully saturated rings. The van der Waals surface area contributed by atoms with E-state index in [4.69, 9.17) is 5.11 Å². The summed E-state index contributed by atoms with van der Waals surface area (Å²) in [6.45, 7) is -0.237. The van der Waals surface area contributed by atoms with E-state index in [1.807, 2.05) is 12.1 Å². The zero-order valence-corrected chi connectivity index (χ0v) is 11.9. The van der Waals surface area contributed by atoms with Crippen molar-refractivity contribution in [1.82, 2.24) is 9.78 Å². The van der Waals surface area contributed by atoms with E-state index in [0.717, 1.165) is 3.57 Å². The fourth-order valence-electron chi connectivity index (χ4n) is 1.50. The number of carboxylic acid groups (broad SMARTS) is 1. The molecule has 6 nitrogen and oxygen atoms in total. The van der Waals surface area contributed by atoms with E-state index in [0.29, 0.717) is 11.3 Å². The van der Waals surface area contributed by atoms with Crippen molar-refractivity contribution in [1.29, 1.82) is 0 Å². The van der Waals surface area contributed by atoms with Crippen molar-refractivity contribution in [3.05, 3.63) is 45.8 Å². The molecular weight excluding hydrogens is 361 g/mol. The molecule has 0 saturated carbocycles. The SMILES string of the molecule is O=C(O)Cn1cc(NC(=O)c2ccccc2I)cn1. The number of anilines is 1. The first-order valence-electron chi connectivity index (χ1n) is 5.36. The van der Waals surface area contributed by atoms with E-state index >= 15 is 0 Å². The van der Waals surface area contributed by atoms with Gasteiger partial charge in [-0.1, -0.05) is 12.1 Å². The van der Waals surface area contributed by atoms with Crippen molar-refractivity contribution in [3.8, 4) is 0 Å². The molecule has 2 rings (SSSR count). The number of halogens is 1. The number of carbonyl (C=O) groups excluding carboxylic acids is 1. The normalized spacial score (nSPS) is 10.2. The number of nitrogens with zero attached hydrogens (tertiary/aromatic N) is 2. The molecule has 0 unspecified atom stereocenters. The lowest BCUT2D eigenvalue weighted by molar-refractivity contribution is -0.137. The first-order chi connectivity index (χ1) is 9.06. The van der Waals surface area contributed by atoms with Gasteiger partial charge in [0.1, 0.15) is 6.54 Å². The van der Waals surface area contributed by atoms with E-state index in [1.165, 1.54) is 17.1 Å². The molecule has 1 aromatic heterocycles. The lowest BCUT2D eigenvalue weighted by Gasteiger charge is -2.04. The zero-order chi connectivity index (χ0) is 13.8. The Labute approximate surface area is 122 Å². The van der Waals surface area contributed by atoms with Gasteiger partial charge in [0.2, 0.25) is 0 Å². The van der Waals surface area contributed by atoms with Gasteiger partial charge in [0.15, 0.2) is 0 Å². The predicted octanol–water partition coefficient (Wildman–Crippen LogP) is 1.82. The number of nitrogens with one attached hydrogen (secondary N) is 1. The number of amides is 1. The van der Waals surface area contributed by atoms with Crippen molar-refractivity contribution in [2.24, 2.45) is 0 Å². The van der Waals surface area contributed by atoms with Crippen LogP contribution in [0.2, 0.25) is 0 Å². The number of aromatic nitrogens is 2. The standard InChI is InChI=1S/C12H10IN3O3/c13-10-4-2-1-3-9(10)12(19)15-8-5-14-16(6-8)7-11(17)18/h1-6H,7H2,(H,15,19)(H,17,18). The fraction of sp³-hybridized carbons (Fsp3) is 0.0833. The second-order valence-electron chi connectivity index (χ2n) is 3.75. The maximum atomic E-state index is 12.0. The van der Waals surface area contributed by atoms with Crippen LogP contribution in [0, 0.1) is 3.57 Å². The Balaban J connectivity index is 2.09. The van der Waals surface area contributed by atoms with Gasteiger partial charge in [-0.2, -0.15) is 5.10 Å². The van der Waals surface area contributed by atoms with E-state index in [-0.39, 0.29) is 12.5 Å². The number of carbonyl (C=O) groups is 2. The Morgan fingerprint density at radius 3 is 2.79 bits per heavy atom. The van der Waals surface area contributed by atoms with Crippen LogP contribution in [0.5, 0.6) is 0 Å². The topological polar surface area (TPSA) is 84.2 Å². The van der Waals surface area contributed by atoms with Crippen molar-refractivity contribution >= 4 is 40.2 Å². The van der Waals surface area contributed by atoms with Gasteiger partial charge in [0, 0.05) is 9.77 Å². The van der Waals surface area contributed by atoms with Crippen LogP contribution >= 0.6 is 22.6 Å². The average molecular weight is 371 g/mol. The third-order valence-electron chi connectivity index (χ3n) is 2.31. The van der Waals surface area contributed by atoms with E-state index in [2.05, 4.69) is 33.0 Å². The van der Waals surface area contributed by atoms with E-state index in [1.54, 1.807) is 12.1 Å². The highest BCUT2D eigenvalue weighted by atomic mass is 127. The van der Waals surface area contributed by atoms with Crippen LogP contribution in [0.4, 0.5) is 5.69 Å². The minimum atomic E-state index is -0.987. The summed E-state index contributed by atoms with van der Waals surface area (Å²) >= 11 is 2.08. The monoisotopic (exact) mass is 371 g/mol. The first kappa shape index (κ1) is 13.5. The third-order valence-corrected chi connectivity index (χ3v) is 3.25. The Bertz CT molecular complexity index is 624. The Morgan fingerprint density at radius 1 is 1.37 bits per heavy atom. The minimum absolute atomic E-state index is 0.237. The van der Waals surface area contributed by atoms with Gasteiger partial charge in [-0.15, -0.1) is 0 Å². The molecule has 0 bridgehead atoms. The fourth-order valence-corrected chi connectivity index (χ4v) is 2.13. The maximum Gasteiger partial charge on any atom is 0.325 e. The quantitative estimate of drug-likeness (QED) is 0.804. The number of hydrogen-bond acceptors (Lipinski definition) is 3. The highest BCUT2D eigenvalue weighted by Gasteiger charge is 2.10. The molecule has 0 saturated heterocycles. The molecule has 0 aliphatic rings. The van der Waals surface area contributed by atoms with Gasteiger partial charge in [0.05, 0.1) is 17.4 Å². The molecule has 0 aliphatic carbocycles. The second kappa shape index (κ2) is 5.83. The van der Waals surface area contributed by atoms with Crippen molar-refractivity contribution in [2.75, 3.05) is 5.32 Å². The summed E-state index contributed by atoms with van der Waals surface area (Å²) in [6.07, 6.45) is 2.89. The van der Waals surface area contributed by atoms with Crippen LogP contribution in [-0.4, -0.2) is 26.8 Å². The molecule has 1 aromatic carbocycles. The largest absolute Gasteiger partial charge is 0.480 e. The lowest BCUT2D eigenvalue weighted by atomic mass is 10.2. The van der Waals surface area contributed by atoms with Crippen LogP contribution < -0.4 is 5.32 Å². The summed E-state index contributed by atoms with van der Waals surface area (Å²) in [4.78, 5) is 22.5. The summed E-state index contributed by atoms with van der Waals surface area (Å²) in [5.41, 5.74) is 1.03. The summed E-state index contributed by atoms with van der Waals surface area (Å²) in [5, 5.41) is 15.1. The number of benzene rings is 1. The molecule has 0 spiro atoms. The van der Waals surface area contributed by atoms with Gasteiger partial charge >= 0.3 is 5.97 Å². The van der Waals surface area contributed by atoms with Gasteiger partial charge in [0.25, 0.3) is 5.91 Å². The molecular formula is C12H10IN3O3. The van der Waals surface area contributed by atoms with Crippen LogP contribution in [0.15, 0.2) is 36.7 Å². The minimum Gasteiger partial charge on any atom is -0.480 e. The third kappa shape index (κ3) is 3.53.